The Hall–Kier alpha value is -2.74. The topological polar surface area (TPSA) is 69.2 Å². The maximum absolute atomic E-state index is 14.5. The Bertz CT molecular complexity index is 987. The third-order valence-electron chi connectivity index (χ3n) is 5.31. The second-order valence-corrected chi connectivity index (χ2v) is 8.47. The molecule has 1 saturated carbocycles. The third-order valence-corrected chi connectivity index (χ3v) is 6.07. The van der Waals surface area contributed by atoms with Crippen LogP contribution in [-0.4, -0.2) is 28.7 Å². The molecule has 0 spiro atoms. The van der Waals surface area contributed by atoms with E-state index in [-0.39, 0.29) is 11.7 Å². The van der Waals surface area contributed by atoms with Gasteiger partial charge in [0.05, 0.1) is 13.7 Å². The van der Waals surface area contributed by atoms with E-state index in [0.29, 0.717) is 16.6 Å². The first-order valence-electron chi connectivity index (χ1n) is 10.2. The fourth-order valence-electron chi connectivity index (χ4n) is 3.60. The van der Waals surface area contributed by atoms with Crippen LogP contribution in [-0.2, 0) is 0 Å². The minimum atomic E-state index is -0.396. The van der Waals surface area contributed by atoms with E-state index in [1.165, 1.54) is 51.6 Å². The summed E-state index contributed by atoms with van der Waals surface area (Å²) >= 11 is 0.944. The fraction of sp³-hybridized carbons (Fsp3) is 0.409. The zero-order chi connectivity index (χ0) is 20.9. The number of nitrogens with one attached hydrogen (secondary N) is 1. The number of nitrogens with zero attached hydrogens (tertiary/aromatic N) is 3. The smallest absolute Gasteiger partial charge is 0.316 e. The molecule has 1 aromatic carbocycles. The lowest BCUT2D eigenvalue weighted by Gasteiger charge is -2.22. The molecule has 3 aromatic rings. The van der Waals surface area contributed by atoms with Gasteiger partial charge >= 0.3 is 6.01 Å². The first kappa shape index (κ1) is 20.5. The summed E-state index contributed by atoms with van der Waals surface area (Å²) in [6.07, 6.45) is 9.41. The van der Waals surface area contributed by atoms with Crippen LogP contribution in [0.1, 0.15) is 37.7 Å². The monoisotopic (exact) mass is 428 g/mol. The molecule has 1 aliphatic rings. The molecule has 0 amide bonds. The Morgan fingerprint density at radius 2 is 1.93 bits per heavy atom. The lowest BCUT2D eigenvalue weighted by Crippen LogP contribution is -2.15. The van der Waals surface area contributed by atoms with Gasteiger partial charge in [-0.15, -0.1) is 0 Å². The van der Waals surface area contributed by atoms with E-state index in [4.69, 9.17) is 9.47 Å². The van der Waals surface area contributed by atoms with Crippen molar-refractivity contribution in [3.63, 3.8) is 0 Å². The van der Waals surface area contributed by atoms with Crippen molar-refractivity contribution in [2.75, 3.05) is 19.0 Å². The summed E-state index contributed by atoms with van der Waals surface area (Å²) in [5, 5.41) is 3.25. The van der Waals surface area contributed by atoms with Crippen LogP contribution in [0, 0.1) is 18.0 Å². The highest BCUT2D eigenvalue weighted by molar-refractivity contribution is 7.14. The molecule has 2 heterocycles. The Morgan fingerprint density at radius 3 is 2.67 bits per heavy atom. The van der Waals surface area contributed by atoms with Crippen LogP contribution in [0.3, 0.4) is 0 Å². The molecule has 1 aliphatic carbocycles. The minimum absolute atomic E-state index is 0.214. The molecule has 1 fully saturated rings. The van der Waals surface area contributed by atoms with Crippen molar-refractivity contribution in [3.05, 3.63) is 41.3 Å². The Balaban J connectivity index is 1.46. The lowest BCUT2D eigenvalue weighted by atomic mass is 9.90. The predicted octanol–water partition coefficient (Wildman–Crippen LogP) is 5.76. The molecule has 4 rings (SSSR count). The average Bonchev–Trinajstić information content (AvgIpc) is 3.14. The molecule has 30 heavy (non-hydrogen) atoms. The van der Waals surface area contributed by atoms with Crippen molar-refractivity contribution in [1.29, 1.82) is 0 Å². The molecule has 2 aromatic heterocycles. The summed E-state index contributed by atoms with van der Waals surface area (Å²) in [6.45, 7) is 2.78. The van der Waals surface area contributed by atoms with Gasteiger partial charge in [0, 0.05) is 29.7 Å². The minimum Gasteiger partial charge on any atom is -0.493 e. The third kappa shape index (κ3) is 4.87. The Kier molecular flexibility index (Phi) is 6.42. The van der Waals surface area contributed by atoms with Crippen molar-refractivity contribution in [2.24, 2.45) is 5.92 Å². The van der Waals surface area contributed by atoms with Gasteiger partial charge in [-0.2, -0.15) is 4.39 Å². The van der Waals surface area contributed by atoms with Crippen molar-refractivity contribution in [3.8, 4) is 23.0 Å². The van der Waals surface area contributed by atoms with E-state index in [0.717, 1.165) is 34.9 Å². The van der Waals surface area contributed by atoms with Crippen LogP contribution in [0.5, 0.6) is 11.8 Å². The van der Waals surface area contributed by atoms with Gasteiger partial charge in [0.15, 0.2) is 5.13 Å². The van der Waals surface area contributed by atoms with Gasteiger partial charge in [0.25, 0.3) is 0 Å². The number of aryl methyl sites for hydroxylation is 1. The average molecular weight is 429 g/mol. The molecular weight excluding hydrogens is 403 g/mol. The highest BCUT2D eigenvalue weighted by Gasteiger charge is 2.16. The quantitative estimate of drug-likeness (QED) is 0.516. The molecule has 8 heteroatoms. The summed E-state index contributed by atoms with van der Waals surface area (Å²) < 4.78 is 25.5. The van der Waals surface area contributed by atoms with Crippen molar-refractivity contribution in [1.82, 2.24) is 15.0 Å². The van der Waals surface area contributed by atoms with Gasteiger partial charge in [-0.1, -0.05) is 36.7 Å². The zero-order valence-corrected chi connectivity index (χ0v) is 18.0. The first-order valence-corrected chi connectivity index (χ1v) is 11.0. The molecule has 6 nitrogen and oxygen atoms in total. The molecular formula is C22H25FN4O2S. The number of anilines is 2. The molecule has 0 atom stereocenters. The lowest BCUT2D eigenvalue weighted by molar-refractivity contribution is 0.208. The maximum atomic E-state index is 14.5. The summed E-state index contributed by atoms with van der Waals surface area (Å²) in [6, 6.07) is 6.13. The largest absolute Gasteiger partial charge is 0.493 e. The second-order valence-electron chi connectivity index (χ2n) is 7.52. The highest BCUT2D eigenvalue weighted by Crippen LogP contribution is 2.33. The predicted molar refractivity (Wildman–Crippen MR) is 116 cm³/mol. The molecule has 0 saturated heterocycles. The number of methoxy groups -OCH3 is 1. The molecule has 0 unspecified atom stereocenters. The highest BCUT2D eigenvalue weighted by atomic mass is 32.1. The molecule has 0 radical (unpaired) electrons. The van der Waals surface area contributed by atoms with Gasteiger partial charge < -0.3 is 14.8 Å². The number of benzene rings is 1. The first-order chi connectivity index (χ1) is 14.6. The van der Waals surface area contributed by atoms with E-state index >= 15 is 0 Å². The van der Waals surface area contributed by atoms with Gasteiger partial charge in [-0.3, -0.25) is 0 Å². The Morgan fingerprint density at radius 1 is 1.17 bits per heavy atom. The van der Waals surface area contributed by atoms with E-state index in [9.17, 15) is 4.39 Å². The summed E-state index contributed by atoms with van der Waals surface area (Å²) in [5.41, 5.74) is 2.60. The van der Waals surface area contributed by atoms with E-state index in [1.807, 2.05) is 25.1 Å². The van der Waals surface area contributed by atoms with E-state index in [1.54, 1.807) is 0 Å². The van der Waals surface area contributed by atoms with Gasteiger partial charge in [-0.25, -0.2) is 15.0 Å². The van der Waals surface area contributed by atoms with Crippen molar-refractivity contribution < 1.29 is 13.9 Å². The number of ether oxygens (including phenoxy) is 2. The van der Waals surface area contributed by atoms with Crippen LogP contribution >= 0.6 is 11.3 Å². The van der Waals surface area contributed by atoms with Crippen LogP contribution in [0.25, 0.3) is 11.3 Å². The van der Waals surface area contributed by atoms with Gasteiger partial charge in [-0.05, 0) is 37.3 Å². The molecule has 0 aliphatic heterocycles. The maximum Gasteiger partial charge on any atom is 0.316 e. The number of rotatable bonds is 7. The number of thiazole rings is 1. The summed E-state index contributed by atoms with van der Waals surface area (Å²) in [4.78, 5) is 12.4. The number of aromatic nitrogens is 3. The van der Waals surface area contributed by atoms with Gasteiger partial charge in [0.1, 0.15) is 11.4 Å². The van der Waals surface area contributed by atoms with Crippen LogP contribution < -0.4 is 14.8 Å². The Labute approximate surface area is 179 Å². The molecule has 0 bridgehead atoms. The van der Waals surface area contributed by atoms with Crippen molar-refractivity contribution >= 4 is 22.2 Å². The molecule has 158 valence electrons. The van der Waals surface area contributed by atoms with Crippen LogP contribution in [0.4, 0.5) is 15.2 Å². The normalized spacial score (nSPS) is 14.5. The van der Waals surface area contributed by atoms with E-state index in [2.05, 4.69) is 20.3 Å². The van der Waals surface area contributed by atoms with Crippen LogP contribution in [0.2, 0.25) is 0 Å². The van der Waals surface area contributed by atoms with E-state index < -0.39 is 5.13 Å². The number of hydrogen-bond donors (Lipinski definition) is 1. The summed E-state index contributed by atoms with van der Waals surface area (Å²) in [5.74, 6) is 1.49. The second kappa shape index (κ2) is 9.38. The standard InChI is InChI=1S/C22H25FN4O2S/c1-14-8-9-17(10-18(14)29-13-15-6-4-3-5-7-15)26-22-27-19(20(23)30-22)16-11-24-21(28-2)25-12-16/h8-12,15H,3-7,13H2,1-2H3,(H,26,27). The molecule has 1 N–H and O–H groups in total. The van der Waals surface area contributed by atoms with Gasteiger partial charge in [0.2, 0.25) is 5.13 Å². The number of halogens is 1. The number of hydrogen-bond acceptors (Lipinski definition) is 7. The van der Waals surface area contributed by atoms with Crippen LogP contribution in [0.15, 0.2) is 30.6 Å². The summed E-state index contributed by atoms with van der Waals surface area (Å²) in [7, 11) is 1.48. The zero-order valence-electron chi connectivity index (χ0n) is 17.2. The van der Waals surface area contributed by atoms with Crippen molar-refractivity contribution in [2.45, 2.75) is 39.0 Å². The SMILES string of the molecule is COc1ncc(-c2nc(Nc3ccc(C)c(OCC4CCCCC4)c3)sc2F)cn1. The fourth-order valence-corrected chi connectivity index (χ4v) is 4.33.